The summed E-state index contributed by atoms with van der Waals surface area (Å²) in [5.74, 6) is 2.05. The first-order chi connectivity index (χ1) is 9.10. The molecule has 0 unspecified atom stereocenters. The molecule has 100 valence electrons. The maximum Gasteiger partial charge on any atom is 0.240 e. The van der Waals surface area contributed by atoms with E-state index in [1.54, 1.807) is 12.1 Å². The van der Waals surface area contributed by atoms with Gasteiger partial charge in [-0.15, -0.1) is 0 Å². The number of ether oxygens (including phenoxy) is 2. The first-order valence-corrected chi connectivity index (χ1v) is 6.18. The highest BCUT2D eigenvalue weighted by Gasteiger charge is 2.06. The molecule has 19 heavy (non-hydrogen) atoms. The predicted molar refractivity (Wildman–Crippen MR) is 75.8 cm³/mol. The van der Waals surface area contributed by atoms with Crippen molar-refractivity contribution < 1.29 is 9.47 Å². The van der Waals surface area contributed by atoms with Crippen molar-refractivity contribution in [3.63, 3.8) is 0 Å². The Labute approximate surface area is 113 Å². The van der Waals surface area contributed by atoms with Crippen LogP contribution < -0.4 is 15.2 Å². The Morgan fingerprint density at radius 3 is 2.63 bits per heavy atom. The summed E-state index contributed by atoms with van der Waals surface area (Å²) in [5, 5.41) is 0. The molecule has 0 bridgehead atoms. The quantitative estimate of drug-likeness (QED) is 0.910. The molecule has 0 amide bonds. The first kappa shape index (κ1) is 13.2. The number of anilines is 1. The topological polar surface area (TPSA) is 57.4 Å². The third-order valence-electron chi connectivity index (χ3n) is 2.80. The van der Waals surface area contributed by atoms with Crippen molar-refractivity contribution in [1.82, 2.24) is 4.98 Å². The van der Waals surface area contributed by atoms with Gasteiger partial charge < -0.3 is 15.2 Å². The summed E-state index contributed by atoms with van der Waals surface area (Å²) < 4.78 is 10.8. The zero-order chi connectivity index (χ0) is 13.8. The lowest BCUT2D eigenvalue weighted by molar-refractivity contribution is 0.385. The second kappa shape index (κ2) is 5.61. The summed E-state index contributed by atoms with van der Waals surface area (Å²) in [5.41, 5.74) is 7.43. The van der Waals surface area contributed by atoms with E-state index in [0.717, 1.165) is 5.75 Å². The molecule has 1 heterocycles. The van der Waals surface area contributed by atoms with Crippen molar-refractivity contribution >= 4 is 5.69 Å². The Balaban J connectivity index is 2.23. The average molecular weight is 258 g/mol. The molecule has 2 N–H and O–H groups in total. The zero-order valence-electron chi connectivity index (χ0n) is 11.4. The van der Waals surface area contributed by atoms with Crippen molar-refractivity contribution in [1.29, 1.82) is 0 Å². The molecule has 2 aromatic rings. The van der Waals surface area contributed by atoms with Crippen LogP contribution in [-0.4, -0.2) is 12.1 Å². The van der Waals surface area contributed by atoms with Crippen LogP contribution in [0.4, 0.5) is 5.69 Å². The van der Waals surface area contributed by atoms with Crippen molar-refractivity contribution in [2.75, 3.05) is 12.8 Å². The number of methoxy groups -OCH3 is 1. The lowest BCUT2D eigenvalue weighted by Gasteiger charge is -2.10. The monoisotopic (exact) mass is 258 g/mol. The van der Waals surface area contributed by atoms with Gasteiger partial charge in [-0.25, -0.2) is 0 Å². The molecule has 0 saturated heterocycles. The minimum absolute atomic E-state index is 0.373. The van der Waals surface area contributed by atoms with Crippen molar-refractivity contribution in [2.24, 2.45) is 0 Å². The molecule has 0 atom stereocenters. The summed E-state index contributed by atoms with van der Waals surface area (Å²) in [4.78, 5) is 4.19. The Bertz CT molecular complexity index is 568. The fraction of sp³-hybridized carbons (Fsp3) is 0.267. The molecule has 4 heteroatoms. The van der Waals surface area contributed by atoms with Gasteiger partial charge in [0.05, 0.1) is 12.8 Å². The molecule has 0 saturated carbocycles. The Hall–Kier alpha value is -2.23. The van der Waals surface area contributed by atoms with E-state index < -0.39 is 0 Å². The standard InChI is InChI=1S/C15H18N2O2/c1-10(2)11-5-4-6-12(9-11)19-14-8-7-13(16)15(17-14)18-3/h4-10H,16H2,1-3H3. The van der Waals surface area contributed by atoms with Crippen LogP contribution in [0.1, 0.15) is 25.3 Å². The molecule has 0 radical (unpaired) electrons. The lowest BCUT2D eigenvalue weighted by atomic mass is 10.0. The van der Waals surface area contributed by atoms with E-state index in [4.69, 9.17) is 15.2 Å². The molecule has 4 nitrogen and oxygen atoms in total. The molecule has 0 spiro atoms. The van der Waals surface area contributed by atoms with Crippen LogP contribution in [0.5, 0.6) is 17.5 Å². The van der Waals surface area contributed by atoms with E-state index in [9.17, 15) is 0 Å². The average Bonchev–Trinajstić information content (AvgIpc) is 2.41. The minimum Gasteiger partial charge on any atom is -0.479 e. The van der Waals surface area contributed by atoms with Gasteiger partial charge in [-0.1, -0.05) is 26.0 Å². The van der Waals surface area contributed by atoms with E-state index in [-0.39, 0.29) is 0 Å². The van der Waals surface area contributed by atoms with Crippen LogP contribution in [-0.2, 0) is 0 Å². The molecular formula is C15H18N2O2. The normalized spacial score (nSPS) is 10.5. The van der Waals surface area contributed by atoms with E-state index in [1.807, 2.05) is 18.2 Å². The van der Waals surface area contributed by atoms with Crippen LogP contribution in [0.25, 0.3) is 0 Å². The number of aromatic nitrogens is 1. The van der Waals surface area contributed by atoms with Gasteiger partial charge in [-0.3, -0.25) is 0 Å². The van der Waals surface area contributed by atoms with Gasteiger partial charge >= 0.3 is 0 Å². The summed E-state index contributed by atoms with van der Waals surface area (Å²) in [6.07, 6.45) is 0. The molecule has 0 aliphatic rings. The van der Waals surface area contributed by atoms with Gasteiger partial charge in [-0.2, -0.15) is 4.98 Å². The van der Waals surface area contributed by atoms with Crippen LogP contribution in [0.3, 0.4) is 0 Å². The van der Waals surface area contributed by atoms with Crippen LogP contribution in [0.2, 0.25) is 0 Å². The van der Waals surface area contributed by atoms with E-state index in [1.165, 1.54) is 12.7 Å². The second-order valence-electron chi connectivity index (χ2n) is 4.58. The Morgan fingerprint density at radius 2 is 1.95 bits per heavy atom. The smallest absolute Gasteiger partial charge is 0.240 e. The fourth-order valence-electron chi connectivity index (χ4n) is 1.71. The SMILES string of the molecule is COc1nc(Oc2cccc(C(C)C)c2)ccc1N. The largest absolute Gasteiger partial charge is 0.479 e. The van der Waals surface area contributed by atoms with Gasteiger partial charge in [0.15, 0.2) is 0 Å². The van der Waals surface area contributed by atoms with Gasteiger partial charge in [-0.05, 0) is 29.7 Å². The van der Waals surface area contributed by atoms with Crippen LogP contribution >= 0.6 is 0 Å². The Morgan fingerprint density at radius 1 is 1.16 bits per heavy atom. The fourth-order valence-corrected chi connectivity index (χ4v) is 1.71. The lowest BCUT2D eigenvalue weighted by Crippen LogP contribution is -1.97. The number of nitrogen functional groups attached to an aromatic ring is 1. The van der Waals surface area contributed by atoms with Crippen LogP contribution in [0, 0.1) is 0 Å². The third-order valence-corrected chi connectivity index (χ3v) is 2.80. The molecule has 0 fully saturated rings. The van der Waals surface area contributed by atoms with Crippen molar-refractivity contribution in [2.45, 2.75) is 19.8 Å². The van der Waals surface area contributed by atoms with Crippen molar-refractivity contribution in [3.05, 3.63) is 42.0 Å². The number of rotatable bonds is 4. The van der Waals surface area contributed by atoms with E-state index in [2.05, 4.69) is 24.9 Å². The molecule has 1 aromatic heterocycles. The Kier molecular flexibility index (Phi) is 3.90. The maximum absolute atomic E-state index is 5.72. The summed E-state index contributed by atoms with van der Waals surface area (Å²) >= 11 is 0. The molecule has 0 aliphatic heterocycles. The summed E-state index contributed by atoms with van der Waals surface area (Å²) in [6.45, 7) is 4.28. The molecule has 1 aromatic carbocycles. The van der Waals surface area contributed by atoms with Crippen molar-refractivity contribution in [3.8, 4) is 17.5 Å². The summed E-state index contributed by atoms with van der Waals surface area (Å²) in [7, 11) is 1.53. The number of hydrogen-bond donors (Lipinski definition) is 1. The molecule has 2 rings (SSSR count). The third kappa shape index (κ3) is 3.16. The molecular weight excluding hydrogens is 240 g/mol. The number of hydrogen-bond acceptors (Lipinski definition) is 4. The zero-order valence-corrected chi connectivity index (χ0v) is 11.4. The predicted octanol–water partition coefficient (Wildman–Crippen LogP) is 3.59. The minimum atomic E-state index is 0.373. The van der Waals surface area contributed by atoms with E-state index in [0.29, 0.717) is 23.4 Å². The van der Waals surface area contributed by atoms with Gasteiger partial charge in [0.2, 0.25) is 11.8 Å². The number of pyridine rings is 1. The maximum atomic E-state index is 5.72. The highest BCUT2D eigenvalue weighted by Crippen LogP contribution is 2.27. The van der Waals surface area contributed by atoms with E-state index >= 15 is 0 Å². The number of nitrogens with two attached hydrogens (primary N) is 1. The van der Waals surface area contributed by atoms with Gasteiger partial charge in [0.25, 0.3) is 0 Å². The van der Waals surface area contributed by atoms with Gasteiger partial charge in [0, 0.05) is 6.07 Å². The second-order valence-corrected chi connectivity index (χ2v) is 4.58. The first-order valence-electron chi connectivity index (χ1n) is 6.18. The highest BCUT2D eigenvalue weighted by atomic mass is 16.5. The number of nitrogens with zero attached hydrogens (tertiary/aromatic N) is 1. The number of benzene rings is 1. The van der Waals surface area contributed by atoms with Crippen LogP contribution in [0.15, 0.2) is 36.4 Å². The van der Waals surface area contributed by atoms with Gasteiger partial charge in [0.1, 0.15) is 5.75 Å². The highest BCUT2D eigenvalue weighted by molar-refractivity contribution is 5.49. The summed E-state index contributed by atoms with van der Waals surface area (Å²) in [6, 6.07) is 11.4. The molecule has 0 aliphatic carbocycles.